The highest BCUT2D eigenvalue weighted by molar-refractivity contribution is 7.80. The molecule has 0 fully saturated rings. The van der Waals surface area contributed by atoms with Gasteiger partial charge in [0.1, 0.15) is 5.60 Å². The third kappa shape index (κ3) is 13.0. The second-order valence-electron chi connectivity index (χ2n) is 5.88. The fourth-order valence-corrected chi connectivity index (χ4v) is 1.37. The van der Waals surface area contributed by atoms with E-state index in [0.29, 0.717) is 34.7 Å². The minimum absolute atomic E-state index is 0.330. The highest BCUT2D eigenvalue weighted by atomic mass is 32.1. The molecule has 0 aromatic heterocycles. The van der Waals surface area contributed by atoms with Crippen molar-refractivity contribution in [3.8, 4) is 0 Å². The fraction of sp³-hybridized carbons (Fsp3) is 0.643. The molecular formula is C14H27N7O2S2. The van der Waals surface area contributed by atoms with Crippen LogP contribution in [0.5, 0.6) is 0 Å². The molecule has 0 aromatic carbocycles. The van der Waals surface area contributed by atoms with Crippen molar-refractivity contribution >= 4 is 52.2 Å². The van der Waals surface area contributed by atoms with Crippen LogP contribution in [0.3, 0.4) is 0 Å². The Labute approximate surface area is 159 Å². The van der Waals surface area contributed by atoms with Crippen molar-refractivity contribution in [3.05, 3.63) is 0 Å². The van der Waals surface area contributed by atoms with E-state index in [0.717, 1.165) is 0 Å². The largest absolute Gasteiger partial charge is 0.444 e. The molecule has 0 bridgehead atoms. The van der Waals surface area contributed by atoms with E-state index >= 15 is 0 Å². The van der Waals surface area contributed by atoms with Gasteiger partial charge in [-0.1, -0.05) is 0 Å². The Morgan fingerprint density at radius 2 is 1.44 bits per heavy atom. The van der Waals surface area contributed by atoms with Crippen molar-refractivity contribution in [2.75, 3.05) is 20.1 Å². The van der Waals surface area contributed by atoms with E-state index in [1.165, 1.54) is 0 Å². The van der Waals surface area contributed by atoms with Crippen molar-refractivity contribution in [2.24, 2.45) is 10.2 Å². The number of amides is 1. The van der Waals surface area contributed by atoms with Gasteiger partial charge < -0.3 is 20.7 Å². The van der Waals surface area contributed by atoms with Gasteiger partial charge in [-0.15, -0.1) is 0 Å². The zero-order valence-electron chi connectivity index (χ0n) is 15.4. The maximum absolute atomic E-state index is 11.5. The maximum atomic E-state index is 11.5. The van der Waals surface area contributed by atoms with Crippen LogP contribution in [0.25, 0.3) is 0 Å². The summed E-state index contributed by atoms with van der Waals surface area (Å²) in [5.41, 5.74) is 6.14. The van der Waals surface area contributed by atoms with Crippen LogP contribution in [-0.4, -0.2) is 53.5 Å². The molecule has 9 nitrogen and oxygen atoms in total. The summed E-state index contributed by atoms with van der Waals surface area (Å²) in [5, 5.41) is 17.2. The summed E-state index contributed by atoms with van der Waals surface area (Å²) in [6, 6.07) is 0. The number of hydrazone groups is 2. The van der Waals surface area contributed by atoms with Gasteiger partial charge in [-0.05, 0) is 59.1 Å². The molecule has 0 radical (unpaired) electrons. The highest BCUT2D eigenvalue weighted by Crippen LogP contribution is 2.05. The predicted octanol–water partition coefficient (Wildman–Crippen LogP) is 0.821. The topological polar surface area (TPSA) is 111 Å². The number of alkyl carbamates (subject to hydrolysis) is 1. The molecule has 0 rings (SSSR count). The van der Waals surface area contributed by atoms with Crippen LogP contribution in [0, 0.1) is 0 Å². The van der Waals surface area contributed by atoms with Crippen LogP contribution in [-0.2, 0) is 4.74 Å². The number of ether oxygens (including phenoxy) is 1. The van der Waals surface area contributed by atoms with Gasteiger partial charge in [-0.25, -0.2) is 4.79 Å². The van der Waals surface area contributed by atoms with E-state index < -0.39 is 11.7 Å². The molecule has 0 spiro atoms. The zero-order valence-corrected chi connectivity index (χ0v) is 17.1. The lowest BCUT2D eigenvalue weighted by atomic mass is 10.2. The first-order valence-electron chi connectivity index (χ1n) is 7.62. The lowest BCUT2D eigenvalue weighted by molar-refractivity contribution is 0.0529. The maximum Gasteiger partial charge on any atom is 0.407 e. The van der Waals surface area contributed by atoms with E-state index in [9.17, 15) is 4.79 Å². The van der Waals surface area contributed by atoms with Crippen molar-refractivity contribution in [2.45, 2.75) is 40.2 Å². The van der Waals surface area contributed by atoms with Crippen molar-refractivity contribution < 1.29 is 9.53 Å². The first-order chi connectivity index (χ1) is 11.5. The molecule has 0 aromatic rings. The van der Waals surface area contributed by atoms with E-state index in [1.807, 2.05) is 0 Å². The molecule has 25 heavy (non-hydrogen) atoms. The molecule has 5 N–H and O–H groups in total. The average Bonchev–Trinajstić information content (AvgIpc) is 2.52. The van der Waals surface area contributed by atoms with Crippen LogP contribution in [0.1, 0.15) is 34.6 Å². The molecule has 0 aliphatic carbocycles. The summed E-state index contributed by atoms with van der Waals surface area (Å²) in [7, 11) is 1.70. The molecule has 0 unspecified atom stereocenters. The molecular weight excluding hydrogens is 362 g/mol. The number of nitrogens with zero attached hydrogens (tertiary/aromatic N) is 2. The molecule has 1 amide bonds. The molecule has 0 heterocycles. The molecule has 11 heteroatoms. The lowest BCUT2D eigenvalue weighted by Gasteiger charge is -2.19. The number of thiocarbonyl (C=S) groups is 2. The van der Waals surface area contributed by atoms with E-state index in [-0.39, 0.29) is 0 Å². The highest BCUT2D eigenvalue weighted by Gasteiger charge is 2.15. The van der Waals surface area contributed by atoms with E-state index in [2.05, 4.69) is 37.0 Å². The standard InChI is InChI=1S/C14H27N7O2S2/c1-9(18-20-11(24)15-6)10(2)19-21-12(25)16-7-8-17-13(22)23-14(3,4)5/h7-8H2,1-6H3,(H,17,22)(H2,15,20,24)(H2,16,21,25). The Kier molecular flexibility index (Phi) is 10.6. The van der Waals surface area contributed by atoms with Gasteiger partial charge in [0.25, 0.3) is 0 Å². The summed E-state index contributed by atoms with van der Waals surface area (Å²) in [6.45, 7) is 9.78. The third-order valence-corrected chi connectivity index (χ3v) is 3.01. The zero-order chi connectivity index (χ0) is 19.5. The summed E-state index contributed by atoms with van der Waals surface area (Å²) in [4.78, 5) is 11.5. The first kappa shape index (κ1) is 23.0. The van der Waals surface area contributed by atoms with Crippen molar-refractivity contribution in [1.82, 2.24) is 26.8 Å². The number of hydrogen-bond donors (Lipinski definition) is 5. The molecule has 0 saturated carbocycles. The minimum atomic E-state index is -0.522. The van der Waals surface area contributed by atoms with Gasteiger partial charge in [0.15, 0.2) is 10.2 Å². The predicted molar refractivity (Wildman–Crippen MR) is 109 cm³/mol. The Hall–Kier alpha value is -2.01. The molecule has 0 aliphatic heterocycles. The molecule has 0 aliphatic rings. The summed E-state index contributed by atoms with van der Waals surface area (Å²) >= 11 is 10.0. The SMILES string of the molecule is CNC(=S)NN=C(C)C(C)=NNC(=S)NCCNC(=O)OC(C)(C)C. The van der Waals surface area contributed by atoms with Crippen molar-refractivity contribution in [1.29, 1.82) is 0 Å². The van der Waals surface area contributed by atoms with Gasteiger partial charge in [0.05, 0.1) is 11.4 Å². The first-order valence-corrected chi connectivity index (χ1v) is 8.44. The summed E-state index contributed by atoms with van der Waals surface area (Å²) in [6.07, 6.45) is -0.471. The van der Waals surface area contributed by atoms with Gasteiger partial charge in [-0.3, -0.25) is 10.9 Å². The number of rotatable bonds is 6. The van der Waals surface area contributed by atoms with Crippen LogP contribution in [0.4, 0.5) is 4.79 Å². The summed E-state index contributed by atoms with van der Waals surface area (Å²) in [5.74, 6) is 0. The lowest BCUT2D eigenvalue weighted by Crippen LogP contribution is -2.40. The van der Waals surface area contributed by atoms with Gasteiger partial charge >= 0.3 is 6.09 Å². The molecule has 0 saturated heterocycles. The van der Waals surface area contributed by atoms with Gasteiger partial charge in [0.2, 0.25) is 0 Å². The third-order valence-electron chi connectivity index (χ3n) is 2.48. The second kappa shape index (κ2) is 11.5. The van der Waals surface area contributed by atoms with E-state index in [1.54, 1.807) is 41.7 Å². The molecule has 0 atom stereocenters. The van der Waals surface area contributed by atoms with Crippen LogP contribution in [0.2, 0.25) is 0 Å². The van der Waals surface area contributed by atoms with Crippen molar-refractivity contribution in [3.63, 3.8) is 0 Å². The number of carbonyl (C=O) groups is 1. The normalized spacial score (nSPS) is 12.1. The second-order valence-corrected chi connectivity index (χ2v) is 6.70. The number of hydrogen-bond acceptors (Lipinski definition) is 6. The average molecular weight is 390 g/mol. The Morgan fingerprint density at radius 1 is 0.960 bits per heavy atom. The van der Waals surface area contributed by atoms with Crippen LogP contribution in [0.15, 0.2) is 10.2 Å². The number of nitrogens with one attached hydrogen (secondary N) is 5. The van der Waals surface area contributed by atoms with E-state index in [4.69, 9.17) is 29.2 Å². The van der Waals surface area contributed by atoms with Crippen LogP contribution < -0.4 is 26.8 Å². The summed E-state index contributed by atoms with van der Waals surface area (Å²) < 4.78 is 5.12. The molecule has 142 valence electrons. The Morgan fingerprint density at radius 3 is 1.92 bits per heavy atom. The quantitative estimate of drug-likeness (QED) is 0.197. The number of carbonyl (C=O) groups excluding carboxylic acids is 1. The Bertz CT molecular complexity index is 542. The van der Waals surface area contributed by atoms with Crippen LogP contribution >= 0.6 is 24.4 Å². The monoisotopic (exact) mass is 389 g/mol. The fourth-order valence-electron chi connectivity index (χ4n) is 1.18. The van der Waals surface area contributed by atoms with Gasteiger partial charge in [-0.2, -0.15) is 10.2 Å². The van der Waals surface area contributed by atoms with Gasteiger partial charge in [0, 0.05) is 20.1 Å². The minimum Gasteiger partial charge on any atom is -0.444 e. The Balaban J connectivity index is 4.10. The smallest absolute Gasteiger partial charge is 0.407 e.